The number of nitrogens with one attached hydrogen (secondary N) is 1. The monoisotopic (exact) mass is 436 g/mol. The van der Waals surface area contributed by atoms with Gasteiger partial charge in [-0.05, 0) is 43.7 Å². The number of amides is 2. The van der Waals surface area contributed by atoms with Crippen LogP contribution in [0.2, 0.25) is 5.02 Å². The van der Waals surface area contributed by atoms with Gasteiger partial charge in [0.1, 0.15) is 0 Å². The Morgan fingerprint density at radius 3 is 2.85 bits per heavy atom. The van der Waals surface area contributed by atoms with Gasteiger partial charge in [0, 0.05) is 21.5 Å². The normalized spacial score (nSPS) is 23.8. The number of carbonyl (C=O) groups is 1. The SMILES string of the molecule is COc1cc(Br)cc2c1O[C@@]1(C)C[C@H]2NC(=O)N1c1ccc(C)c(Cl)c1. The Morgan fingerprint density at radius 1 is 1.38 bits per heavy atom. The first kappa shape index (κ1) is 17.5. The van der Waals surface area contributed by atoms with Gasteiger partial charge in [-0.15, -0.1) is 0 Å². The summed E-state index contributed by atoms with van der Waals surface area (Å²) in [4.78, 5) is 14.5. The van der Waals surface area contributed by atoms with Gasteiger partial charge in [-0.1, -0.05) is 33.6 Å². The van der Waals surface area contributed by atoms with Crippen molar-refractivity contribution in [1.82, 2.24) is 5.32 Å². The summed E-state index contributed by atoms with van der Waals surface area (Å²) in [6.07, 6.45) is 0.608. The molecule has 2 heterocycles. The number of urea groups is 1. The molecular formula is C19H18BrClN2O3. The van der Waals surface area contributed by atoms with Gasteiger partial charge in [-0.3, -0.25) is 4.90 Å². The Balaban J connectivity index is 1.83. The van der Waals surface area contributed by atoms with Gasteiger partial charge in [-0.25, -0.2) is 4.79 Å². The molecule has 0 saturated carbocycles. The molecule has 2 aliphatic heterocycles. The molecule has 26 heavy (non-hydrogen) atoms. The summed E-state index contributed by atoms with van der Waals surface area (Å²) < 4.78 is 12.7. The first-order chi connectivity index (χ1) is 12.3. The van der Waals surface area contributed by atoms with Gasteiger partial charge >= 0.3 is 6.03 Å². The van der Waals surface area contributed by atoms with Crippen LogP contribution in [0.5, 0.6) is 11.5 Å². The maximum absolute atomic E-state index is 12.9. The molecule has 4 rings (SSSR count). The molecule has 1 fully saturated rings. The number of hydrogen-bond donors (Lipinski definition) is 1. The van der Waals surface area contributed by atoms with Crippen LogP contribution in [0.3, 0.4) is 0 Å². The number of carbonyl (C=O) groups excluding carboxylic acids is 1. The average Bonchev–Trinajstić information content (AvgIpc) is 2.57. The smallest absolute Gasteiger partial charge is 0.325 e. The number of rotatable bonds is 2. The number of fused-ring (bicyclic) bond motifs is 4. The van der Waals surface area contributed by atoms with E-state index in [1.807, 2.05) is 38.1 Å². The molecule has 0 aromatic heterocycles. The minimum atomic E-state index is -0.848. The van der Waals surface area contributed by atoms with Gasteiger partial charge in [-0.2, -0.15) is 0 Å². The molecule has 0 radical (unpaired) electrons. The summed E-state index contributed by atoms with van der Waals surface area (Å²) in [5.41, 5.74) is 1.71. The fourth-order valence-electron chi connectivity index (χ4n) is 3.66. The maximum atomic E-state index is 12.9. The lowest BCUT2D eigenvalue weighted by atomic mass is 9.90. The predicted octanol–water partition coefficient (Wildman–Crippen LogP) is 5.19. The minimum absolute atomic E-state index is 0.153. The second-order valence-electron chi connectivity index (χ2n) is 6.78. The van der Waals surface area contributed by atoms with E-state index in [2.05, 4.69) is 21.2 Å². The molecule has 1 saturated heterocycles. The molecule has 2 aliphatic rings. The molecule has 2 amide bonds. The lowest BCUT2D eigenvalue weighted by Gasteiger charge is -2.50. The average molecular weight is 438 g/mol. The highest BCUT2D eigenvalue weighted by Crippen LogP contribution is 2.50. The second-order valence-corrected chi connectivity index (χ2v) is 8.10. The Bertz CT molecular complexity index is 920. The van der Waals surface area contributed by atoms with Gasteiger partial charge in [0.2, 0.25) is 0 Å². The summed E-state index contributed by atoms with van der Waals surface area (Å²) >= 11 is 9.77. The largest absolute Gasteiger partial charge is 0.493 e. The molecule has 0 unspecified atom stereocenters. The van der Waals surface area contributed by atoms with Crippen LogP contribution < -0.4 is 19.7 Å². The number of ether oxygens (including phenoxy) is 2. The second kappa shape index (κ2) is 6.06. The molecule has 2 aromatic rings. The highest BCUT2D eigenvalue weighted by atomic mass is 79.9. The first-order valence-corrected chi connectivity index (χ1v) is 9.43. The zero-order chi connectivity index (χ0) is 18.6. The van der Waals surface area contributed by atoms with Crippen molar-refractivity contribution in [3.63, 3.8) is 0 Å². The van der Waals surface area contributed by atoms with Crippen molar-refractivity contribution in [2.75, 3.05) is 12.0 Å². The Hall–Kier alpha value is -1.92. The molecular weight excluding hydrogens is 420 g/mol. The van der Waals surface area contributed by atoms with Gasteiger partial charge in [0.05, 0.1) is 18.8 Å². The van der Waals surface area contributed by atoms with Gasteiger partial charge in [0.25, 0.3) is 0 Å². The van der Waals surface area contributed by atoms with Crippen LogP contribution >= 0.6 is 27.5 Å². The van der Waals surface area contributed by atoms with Crippen molar-refractivity contribution in [2.45, 2.75) is 32.0 Å². The quantitative estimate of drug-likeness (QED) is 0.703. The third-order valence-corrected chi connectivity index (χ3v) is 5.80. The van der Waals surface area contributed by atoms with Crippen LogP contribution in [-0.2, 0) is 0 Å². The molecule has 2 bridgehead atoms. The maximum Gasteiger partial charge on any atom is 0.325 e. The van der Waals surface area contributed by atoms with Crippen LogP contribution in [0.15, 0.2) is 34.8 Å². The molecule has 1 N–H and O–H groups in total. The molecule has 7 heteroatoms. The van der Waals surface area contributed by atoms with E-state index >= 15 is 0 Å². The molecule has 0 spiro atoms. The minimum Gasteiger partial charge on any atom is -0.493 e. The van der Waals surface area contributed by atoms with Gasteiger partial charge < -0.3 is 14.8 Å². The standard InChI is InChI=1S/C19H18BrClN2O3/c1-10-4-5-12(8-14(10)21)23-18(24)22-15-9-19(23,2)26-17-13(15)6-11(20)7-16(17)25-3/h4-8,15H,9H2,1-3H3,(H,22,24)/t15-,19+/m1/s1. The zero-order valence-corrected chi connectivity index (χ0v) is 16.9. The summed E-state index contributed by atoms with van der Waals surface area (Å²) in [6.45, 7) is 3.84. The van der Waals surface area contributed by atoms with E-state index in [0.717, 1.165) is 15.6 Å². The number of nitrogens with zero attached hydrogens (tertiary/aromatic N) is 1. The summed E-state index contributed by atoms with van der Waals surface area (Å²) in [5.74, 6) is 1.28. The molecule has 136 valence electrons. The topological polar surface area (TPSA) is 50.8 Å². The highest BCUT2D eigenvalue weighted by Gasteiger charge is 2.50. The van der Waals surface area contributed by atoms with Crippen molar-refractivity contribution < 1.29 is 14.3 Å². The third kappa shape index (κ3) is 2.63. The van der Waals surface area contributed by atoms with E-state index in [1.165, 1.54) is 0 Å². The van der Waals surface area contributed by atoms with Crippen LogP contribution in [0.25, 0.3) is 0 Å². The number of anilines is 1. The van der Waals surface area contributed by atoms with Crippen molar-refractivity contribution in [2.24, 2.45) is 0 Å². The molecule has 0 aliphatic carbocycles. The number of hydrogen-bond acceptors (Lipinski definition) is 3. The third-order valence-electron chi connectivity index (χ3n) is 4.94. The Labute approximate surface area is 165 Å². The van der Waals surface area contributed by atoms with Crippen LogP contribution in [0, 0.1) is 6.92 Å². The Kier molecular flexibility index (Phi) is 4.08. The van der Waals surface area contributed by atoms with E-state index in [1.54, 1.807) is 18.1 Å². The van der Waals surface area contributed by atoms with E-state index in [0.29, 0.717) is 28.6 Å². The van der Waals surface area contributed by atoms with E-state index in [-0.39, 0.29) is 12.1 Å². The molecule has 2 aromatic carbocycles. The lowest BCUT2D eigenvalue weighted by Crippen LogP contribution is -2.65. The molecule has 5 nitrogen and oxygen atoms in total. The van der Waals surface area contributed by atoms with E-state index in [9.17, 15) is 4.79 Å². The van der Waals surface area contributed by atoms with Gasteiger partial charge in [0.15, 0.2) is 17.2 Å². The molecule has 2 atom stereocenters. The number of benzene rings is 2. The van der Waals surface area contributed by atoms with Crippen molar-refractivity contribution >= 4 is 39.2 Å². The van der Waals surface area contributed by atoms with Crippen molar-refractivity contribution in [1.29, 1.82) is 0 Å². The number of halogens is 2. The number of aryl methyl sites for hydroxylation is 1. The fourth-order valence-corrected chi connectivity index (χ4v) is 4.29. The Morgan fingerprint density at radius 2 is 2.15 bits per heavy atom. The first-order valence-electron chi connectivity index (χ1n) is 8.26. The van der Waals surface area contributed by atoms with Crippen LogP contribution in [-0.4, -0.2) is 18.9 Å². The van der Waals surface area contributed by atoms with Crippen molar-refractivity contribution in [3.8, 4) is 11.5 Å². The van der Waals surface area contributed by atoms with E-state index in [4.69, 9.17) is 21.1 Å². The summed E-state index contributed by atoms with van der Waals surface area (Å²) in [7, 11) is 1.61. The van der Waals surface area contributed by atoms with Crippen molar-refractivity contribution in [3.05, 3.63) is 51.0 Å². The van der Waals surface area contributed by atoms with Crippen LogP contribution in [0.1, 0.15) is 30.5 Å². The highest BCUT2D eigenvalue weighted by molar-refractivity contribution is 9.10. The van der Waals surface area contributed by atoms with Crippen LogP contribution in [0.4, 0.5) is 10.5 Å². The predicted molar refractivity (Wildman–Crippen MR) is 104 cm³/mol. The zero-order valence-electron chi connectivity index (χ0n) is 14.6. The lowest BCUT2D eigenvalue weighted by molar-refractivity contribution is 0.0349. The fraction of sp³-hybridized carbons (Fsp3) is 0.316. The summed E-state index contributed by atoms with van der Waals surface area (Å²) in [5, 5.41) is 3.69. The van der Waals surface area contributed by atoms with E-state index < -0.39 is 5.72 Å². The number of methoxy groups -OCH3 is 1. The summed E-state index contributed by atoms with van der Waals surface area (Å²) in [6, 6.07) is 9.02.